The molecule has 1 aromatic rings. The fourth-order valence-corrected chi connectivity index (χ4v) is 1.57. The second-order valence-corrected chi connectivity index (χ2v) is 4.30. The van der Waals surface area contributed by atoms with E-state index in [1.54, 1.807) is 31.2 Å². The number of halogens is 1. The van der Waals surface area contributed by atoms with Gasteiger partial charge in [-0.1, -0.05) is 24.6 Å². The first kappa shape index (κ1) is 14.8. The lowest BCUT2D eigenvalue weighted by molar-refractivity contribution is -0.127. The fourth-order valence-electron chi connectivity index (χ4n) is 1.39. The molecule has 0 bridgehead atoms. The summed E-state index contributed by atoms with van der Waals surface area (Å²) >= 11 is 5.84. The average Bonchev–Trinajstić information content (AvgIpc) is 2.34. The van der Waals surface area contributed by atoms with Gasteiger partial charge in [-0.3, -0.25) is 4.79 Å². The van der Waals surface area contributed by atoms with Crippen molar-refractivity contribution in [3.63, 3.8) is 0 Å². The maximum absolute atomic E-state index is 11.7. The van der Waals surface area contributed by atoms with Crippen molar-refractivity contribution in [2.45, 2.75) is 20.0 Å². The minimum Gasteiger partial charge on any atom is -0.481 e. The van der Waals surface area contributed by atoms with Gasteiger partial charge in [-0.15, -0.1) is 0 Å². The molecule has 5 heteroatoms. The van der Waals surface area contributed by atoms with Gasteiger partial charge in [-0.25, -0.2) is 0 Å². The zero-order valence-electron chi connectivity index (χ0n) is 10.7. The van der Waals surface area contributed by atoms with E-state index in [0.29, 0.717) is 17.3 Å². The summed E-state index contributed by atoms with van der Waals surface area (Å²) < 4.78 is 5.50. The van der Waals surface area contributed by atoms with Crippen LogP contribution in [0.2, 0.25) is 5.02 Å². The Hall–Kier alpha value is -1.26. The van der Waals surface area contributed by atoms with Crippen LogP contribution in [-0.4, -0.2) is 31.6 Å². The highest BCUT2D eigenvalue weighted by Crippen LogP contribution is 2.18. The van der Waals surface area contributed by atoms with Gasteiger partial charge in [-0.2, -0.15) is 0 Å². The van der Waals surface area contributed by atoms with E-state index in [9.17, 15) is 4.79 Å². The molecule has 0 aliphatic carbocycles. The number of rotatable bonds is 7. The number of ether oxygens (including phenoxy) is 1. The number of benzene rings is 1. The standard InChI is InChI=1S/C13H19ClN2O2/c1-3-15-7-8-16-13(17)10(2)18-12-6-4-5-11(14)9-12/h4-6,9-10,15H,3,7-8H2,1-2H3,(H,16,17). The molecule has 4 nitrogen and oxygen atoms in total. The lowest BCUT2D eigenvalue weighted by atomic mass is 10.3. The molecule has 0 spiro atoms. The van der Waals surface area contributed by atoms with Gasteiger partial charge in [-0.05, 0) is 31.7 Å². The van der Waals surface area contributed by atoms with Gasteiger partial charge in [0, 0.05) is 18.1 Å². The molecule has 1 atom stereocenters. The predicted octanol–water partition coefficient (Wildman–Crippen LogP) is 1.83. The van der Waals surface area contributed by atoms with Gasteiger partial charge in [0.1, 0.15) is 5.75 Å². The summed E-state index contributed by atoms with van der Waals surface area (Å²) in [5.41, 5.74) is 0. The van der Waals surface area contributed by atoms with Crippen molar-refractivity contribution in [2.24, 2.45) is 0 Å². The molecule has 1 amide bonds. The first-order chi connectivity index (χ1) is 8.63. The van der Waals surface area contributed by atoms with E-state index in [2.05, 4.69) is 10.6 Å². The Morgan fingerprint density at radius 1 is 1.44 bits per heavy atom. The lowest BCUT2D eigenvalue weighted by Crippen LogP contribution is -2.39. The van der Waals surface area contributed by atoms with Crippen LogP contribution in [0.25, 0.3) is 0 Å². The maximum Gasteiger partial charge on any atom is 0.260 e. The van der Waals surface area contributed by atoms with Crippen LogP contribution in [0, 0.1) is 0 Å². The number of carbonyl (C=O) groups excluding carboxylic acids is 1. The number of carbonyl (C=O) groups is 1. The third kappa shape index (κ3) is 5.38. The van der Waals surface area contributed by atoms with Gasteiger partial charge >= 0.3 is 0 Å². The molecule has 0 aromatic heterocycles. The quantitative estimate of drug-likeness (QED) is 0.744. The van der Waals surface area contributed by atoms with Gasteiger partial charge in [0.25, 0.3) is 5.91 Å². The lowest BCUT2D eigenvalue weighted by Gasteiger charge is -2.14. The number of hydrogen-bond donors (Lipinski definition) is 2. The first-order valence-corrected chi connectivity index (χ1v) is 6.42. The molecule has 0 radical (unpaired) electrons. The summed E-state index contributed by atoms with van der Waals surface area (Å²) in [6, 6.07) is 7.00. The summed E-state index contributed by atoms with van der Waals surface area (Å²) in [5, 5.41) is 6.51. The number of likely N-dealkylation sites (N-methyl/N-ethyl adjacent to an activating group) is 1. The summed E-state index contributed by atoms with van der Waals surface area (Å²) in [4.78, 5) is 11.7. The minimum atomic E-state index is -0.537. The molecule has 1 aromatic carbocycles. The molecule has 1 unspecified atom stereocenters. The van der Waals surface area contributed by atoms with Crippen molar-refractivity contribution in [2.75, 3.05) is 19.6 Å². The minimum absolute atomic E-state index is 0.132. The van der Waals surface area contributed by atoms with Crippen LogP contribution >= 0.6 is 11.6 Å². The molecule has 0 saturated heterocycles. The monoisotopic (exact) mass is 270 g/mol. The second-order valence-electron chi connectivity index (χ2n) is 3.86. The Morgan fingerprint density at radius 3 is 2.89 bits per heavy atom. The van der Waals surface area contributed by atoms with Gasteiger partial charge < -0.3 is 15.4 Å². The third-order valence-electron chi connectivity index (χ3n) is 2.33. The Labute approximate surface area is 113 Å². The van der Waals surface area contributed by atoms with E-state index >= 15 is 0 Å². The van der Waals surface area contributed by atoms with E-state index in [1.165, 1.54) is 0 Å². The van der Waals surface area contributed by atoms with Crippen molar-refractivity contribution in [3.05, 3.63) is 29.3 Å². The molecule has 0 saturated carbocycles. The molecule has 0 aliphatic heterocycles. The van der Waals surface area contributed by atoms with Crippen LogP contribution in [0.5, 0.6) is 5.75 Å². The average molecular weight is 271 g/mol. The van der Waals surface area contributed by atoms with Crippen molar-refractivity contribution in [1.82, 2.24) is 10.6 Å². The molecule has 2 N–H and O–H groups in total. The van der Waals surface area contributed by atoms with Crippen molar-refractivity contribution in [1.29, 1.82) is 0 Å². The number of hydrogen-bond acceptors (Lipinski definition) is 3. The summed E-state index contributed by atoms with van der Waals surface area (Å²) in [6.45, 7) is 5.97. The molecule has 0 aliphatic rings. The largest absolute Gasteiger partial charge is 0.481 e. The number of amides is 1. The molecule has 18 heavy (non-hydrogen) atoms. The van der Waals surface area contributed by atoms with Gasteiger partial charge in [0.05, 0.1) is 0 Å². The first-order valence-electron chi connectivity index (χ1n) is 6.04. The highest BCUT2D eigenvalue weighted by molar-refractivity contribution is 6.30. The zero-order valence-corrected chi connectivity index (χ0v) is 11.5. The van der Waals surface area contributed by atoms with Crippen LogP contribution < -0.4 is 15.4 Å². The van der Waals surface area contributed by atoms with Crippen LogP contribution in [0.4, 0.5) is 0 Å². The SMILES string of the molecule is CCNCCNC(=O)C(C)Oc1cccc(Cl)c1. The molecule has 100 valence electrons. The van der Waals surface area contributed by atoms with Crippen LogP contribution in [0.15, 0.2) is 24.3 Å². The van der Waals surface area contributed by atoms with E-state index in [-0.39, 0.29) is 5.91 Å². The van der Waals surface area contributed by atoms with Crippen LogP contribution in [0.3, 0.4) is 0 Å². The van der Waals surface area contributed by atoms with E-state index in [1.807, 2.05) is 6.92 Å². The normalized spacial score (nSPS) is 11.9. The predicted molar refractivity (Wildman–Crippen MR) is 73.1 cm³/mol. The molecule has 1 rings (SSSR count). The van der Waals surface area contributed by atoms with Gasteiger partial charge in [0.2, 0.25) is 0 Å². The van der Waals surface area contributed by atoms with Crippen molar-refractivity contribution in [3.8, 4) is 5.75 Å². The zero-order chi connectivity index (χ0) is 13.4. The second kappa shape index (κ2) is 7.95. The Bertz CT molecular complexity index is 385. The molecule has 0 fully saturated rings. The maximum atomic E-state index is 11.7. The third-order valence-corrected chi connectivity index (χ3v) is 2.56. The topological polar surface area (TPSA) is 50.4 Å². The fraction of sp³-hybridized carbons (Fsp3) is 0.462. The molecular formula is C13H19ClN2O2. The summed E-state index contributed by atoms with van der Waals surface area (Å²) in [5.74, 6) is 0.463. The van der Waals surface area contributed by atoms with Crippen LogP contribution in [-0.2, 0) is 4.79 Å². The molecule has 0 heterocycles. The smallest absolute Gasteiger partial charge is 0.260 e. The van der Waals surface area contributed by atoms with Crippen molar-refractivity contribution < 1.29 is 9.53 Å². The summed E-state index contributed by atoms with van der Waals surface area (Å²) in [6.07, 6.45) is -0.537. The van der Waals surface area contributed by atoms with Crippen molar-refractivity contribution >= 4 is 17.5 Å². The Morgan fingerprint density at radius 2 is 2.22 bits per heavy atom. The van der Waals surface area contributed by atoms with Gasteiger partial charge in [0.15, 0.2) is 6.10 Å². The number of nitrogens with one attached hydrogen (secondary N) is 2. The molecular weight excluding hydrogens is 252 g/mol. The Balaban J connectivity index is 2.35. The van der Waals surface area contributed by atoms with E-state index in [0.717, 1.165) is 13.1 Å². The van der Waals surface area contributed by atoms with E-state index < -0.39 is 6.10 Å². The highest BCUT2D eigenvalue weighted by Gasteiger charge is 2.13. The summed E-state index contributed by atoms with van der Waals surface area (Å²) in [7, 11) is 0. The highest BCUT2D eigenvalue weighted by atomic mass is 35.5. The Kier molecular flexibility index (Phi) is 6.54. The van der Waals surface area contributed by atoms with Crippen LogP contribution in [0.1, 0.15) is 13.8 Å². The van der Waals surface area contributed by atoms with E-state index in [4.69, 9.17) is 16.3 Å².